The lowest BCUT2D eigenvalue weighted by atomic mass is 10.3. The first-order valence-corrected chi connectivity index (χ1v) is 6.76. The van der Waals surface area contributed by atoms with Crippen LogP contribution in [-0.4, -0.2) is 42.3 Å². The largest absolute Gasteiger partial charge is 0.338 e. The van der Waals surface area contributed by atoms with Crippen molar-refractivity contribution in [1.82, 2.24) is 24.5 Å². The molecule has 0 unspecified atom stereocenters. The van der Waals surface area contributed by atoms with E-state index in [1.807, 2.05) is 0 Å². The number of nitro groups is 1. The highest BCUT2D eigenvalue weighted by Gasteiger charge is 2.19. The SMILES string of the molecule is Cc1nn(CC(=O)N(C)Cc2c(Cl)cnn2C)cc1[N+](=O)[O-]. The molecule has 0 aliphatic carbocycles. The van der Waals surface area contributed by atoms with Crippen LogP contribution < -0.4 is 0 Å². The molecule has 0 saturated carbocycles. The summed E-state index contributed by atoms with van der Waals surface area (Å²) in [6.45, 7) is 1.73. The number of amides is 1. The fourth-order valence-corrected chi connectivity index (χ4v) is 2.18. The molecule has 0 spiro atoms. The lowest BCUT2D eigenvalue weighted by molar-refractivity contribution is -0.385. The second-order valence-corrected chi connectivity index (χ2v) is 5.27. The molecular formula is C12H15ClN6O3. The van der Waals surface area contributed by atoms with Gasteiger partial charge in [0.25, 0.3) is 0 Å². The van der Waals surface area contributed by atoms with Crippen molar-refractivity contribution in [3.05, 3.63) is 38.9 Å². The van der Waals surface area contributed by atoms with E-state index >= 15 is 0 Å². The number of carbonyl (C=O) groups excluding carboxylic acids is 1. The summed E-state index contributed by atoms with van der Waals surface area (Å²) < 4.78 is 2.85. The Bertz CT molecular complexity index is 703. The predicted octanol–water partition coefficient (Wildman–Crippen LogP) is 1.15. The highest BCUT2D eigenvalue weighted by molar-refractivity contribution is 6.31. The molecule has 0 atom stereocenters. The van der Waals surface area contributed by atoms with Gasteiger partial charge in [0.15, 0.2) is 0 Å². The van der Waals surface area contributed by atoms with Crippen molar-refractivity contribution in [3.63, 3.8) is 0 Å². The van der Waals surface area contributed by atoms with Crippen LogP contribution in [0.4, 0.5) is 5.69 Å². The highest BCUT2D eigenvalue weighted by atomic mass is 35.5. The Kier molecular flexibility index (Phi) is 4.45. The molecule has 0 radical (unpaired) electrons. The number of carbonyl (C=O) groups is 1. The Morgan fingerprint density at radius 2 is 2.23 bits per heavy atom. The van der Waals surface area contributed by atoms with Gasteiger partial charge in [-0.25, -0.2) is 0 Å². The van der Waals surface area contributed by atoms with E-state index in [0.29, 0.717) is 10.7 Å². The van der Waals surface area contributed by atoms with Crippen LogP contribution in [0.2, 0.25) is 5.02 Å². The van der Waals surface area contributed by atoms with Gasteiger partial charge >= 0.3 is 5.69 Å². The normalized spacial score (nSPS) is 10.7. The Morgan fingerprint density at radius 3 is 2.73 bits per heavy atom. The maximum Gasteiger partial charge on any atom is 0.309 e. The summed E-state index contributed by atoms with van der Waals surface area (Å²) in [6, 6.07) is 0. The van der Waals surface area contributed by atoms with E-state index < -0.39 is 4.92 Å². The smallest absolute Gasteiger partial charge is 0.309 e. The van der Waals surface area contributed by atoms with Crippen molar-refractivity contribution >= 4 is 23.2 Å². The van der Waals surface area contributed by atoms with Crippen molar-refractivity contribution in [2.45, 2.75) is 20.0 Å². The quantitative estimate of drug-likeness (QED) is 0.606. The standard InChI is InChI=1S/C12H15ClN6O3/c1-8-10(19(21)22)6-18(15-8)7-12(20)16(2)5-11-9(13)4-14-17(11)3/h4,6H,5,7H2,1-3H3. The van der Waals surface area contributed by atoms with Crippen LogP contribution in [-0.2, 0) is 24.9 Å². The van der Waals surface area contributed by atoms with Gasteiger partial charge in [-0.15, -0.1) is 0 Å². The van der Waals surface area contributed by atoms with Gasteiger partial charge < -0.3 is 4.90 Å². The first-order valence-electron chi connectivity index (χ1n) is 6.38. The van der Waals surface area contributed by atoms with E-state index in [2.05, 4.69) is 10.2 Å². The third kappa shape index (κ3) is 3.25. The van der Waals surface area contributed by atoms with Gasteiger partial charge in [0.05, 0.1) is 28.4 Å². The maximum atomic E-state index is 12.2. The average molecular weight is 327 g/mol. The van der Waals surface area contributed by atoms with Crippen LogP contribution in [0.3, 0.4) is 0 Å². The van der Waals surface area contributed by atoms with Gasteiger partial charge in [0.2, 0.25) is 5.91 Å². The summed E-state index contributed by atoms with van der Waals surface area (Å²) in [5, 5.41) is 19.2. The molecule has 9 nitrogen and oxygen atoms in total. The molecule has 0 aromatic carbocycles. The molecule has 0 bridgehead atoms. The number of hydrogen-bond donors (Lipinski definition) is 0. The third-order valence-corrected chi connectivity index (χ3v) is 3.55. The lowest BCUT2D eigenvalue weighted by Gasteiger charge is -2.17. The Hall–Kier alpha value is -2.42. The minimum Gasteiger partial charge on any atom is -0.338 e. The third-order valence-electron chi connectivity index (χ3n) is 3.24. The van der Waals surface area contributed by atoms with Gasteiger partial charge in [0.1, 0.15) is 18.4 Å². The summed E-state index contributed by atoms with van der Waals surface area (Å²) in [6.07, 6.45) is 2.76. The number of hydrogen-bond acceptors (Lipinski definition) is 5. The minimum atomic E-state index is -0.525. The number of rotatable bonds is 5. The first-order chi connectivity index (χ1) is 10.3. The van der Waals surface area contributed by atoms with Gasteiger partial charge in [-0.1, -0.05) is 11.6 Å². The summed E-state index contributed by atoms with van der Waals surface area (Å²) >= 11 is 6.00. The number of aromatic nitrogens is 4. The molecule has 0 aliphatic heterocycles. The molecule has 10 heteroatoms. The second-order valence-electron chi connectivity index (χ2n) is 4.87. The Morgan fingerprint density at radius 1 is 1.55 bits per heavy atom. The Labute approximate surface area is 131 Å². The fraction of sp³-hybridized carbons (Fsp3) is 0.417. The molecule has 2 heterocycles. The van der Waals surface area contributed by atoms with Crippen LogP contribution in [0.15, 0.2) is 12.4 Å². The fourth-order valence-electron chi connectivity index (χ4n) is 1.95. The summed E-state index contributed by atoms with van der Waals surface area (Å²) in [5.74, 6) is -0.241. The van der Waals surface area contributed by atoms with Crippen LogP contribution in [0.5, 0.6) is 0 Å². The Balaban J connectivity index is 2.06. The zero-order valence-corrected chi connectivity index (χ0v) is 13.1. The van der Waals surface area contributed by atoms with E-state index in [0.717, 1.165) is 0 Å². The van der Waals surface area contributed by atoms with Gasteiger partial charge in [-0.05, 0) is 6.92 Å². The van der Waals surface area contributed by atoms with E-state index in [9.17, 15) is 14.9 Å². The van der Waals surface area contributed by atoms with Crippen LogP contribution >= 0.6 is 11.6 Å². The van der Waals surface area contributed by atoms with Crippen molar-refractivity contribution in [3.8, 4) is 0 Å². The molecule has 0 saturated heterocycles. The monoisotopic (exact) mass is 326 g/mol. The number of aryl methyl sites for hydroxylation is 2. The molecule has 2 rings (SSSR count). The van der Waals surface area contributed by atoms with E-state index in [1.54, 1.807) is 18.8 Å². The molecule has 1 amide bonds. The number of likely N-dealkylation sites (N-methyl/N-ethyl adjacent to an activating group) is 1. The lowest BCUT2D eigenvalue weighted by Crippen LogP contribution is -2.30. The number of nitrogens with zero attached hydrogens (tertiary/aromatic N) is 6. The molecule has 0 N–H and O–H groups in total. The molecular weight excluding hydrogens is 312 g/mol. The molecule has 0 fully saturated rings. The summed E-state index contributed by atoms with van der Waals surface area (Å²) in [4.78, 5) is 23.9. The van der Waals surface area contributed by atoms with Crippen molar-refractivity contribution in [2.75, 3.05) is 7.05 Å². The molecule has 2 aromatic rings. The van der Waals surface area contributed by atoms with Crippen molar-refractivity contribution in [2.24, 2.45) is 7.05 Å². The minimum absolute atomic E-state index is 0.0827. The van der Waals surface area contributed by atoms with E-state index in [1.165, 1.54) is 28.9 Å². The highest BCUT2D eigenvalue weighted by Crippen LogP contribution is 2.17. The van der Waals surface area contributed by atoms with Crippen molar-refractivity contribution < 1.29 is 9.72 Å². The van der Waals surface area contributed by atoms with Crippen LogP contribution in [0.25, 0.3) is 0 Å². The molecule has 2 aromatic heterocycles. The van der Waals surface area contributed by atoms with Gasteiger partial charge in [-0.2, -0.15) is 10.2 Å². The summed E-state index contributed by atoms with van der Waals surface area (Å²) in [7, 11) is 3.36. The zero-order chi connectivity index (χ0) is 16.4. The predicted molar refractivity (Wildman–Crippen MR) is 78.3 cm³/mol. The number of halogens is 1. The molecule has 22 heavy (non-hydrogen) atoms. The zero-order valence-electron chi connectivity index (χ0n) is 12.4. The topological polar surface area (TPSA) is 99.1 Å². The summed E-state index contributed by atoms with van der Waals surface area (Å²) in [5.41, 5.74) is 0.875. The molecule has 118 valence electrons. The van der Waals surface area contributed by atoms with E-state index in [-0.39, 0.29) is 30.4 Å². The van der Waals surface area contributed by atoms with Gasteiger partial charge in [0, 0.05) is 14.1 Å². The van der Waals surface area contributed by atoms with Crippen molar-refractivity contribution in [1.29, 1.82) is 0 Å². The maximum absolute atomic E-state index is 12.2. The second kappa shape index (κ2) is 6.14. The molecule has 0 aliphatic rings. The van der Waals surface area contributed by atoms with Crippen LogP contribution in [0.1, 0.15) is 11.4 Å². The first kappa shape index (κ1) is 16.0. The average Bonchev–Trinajstić information content (AvgIpc) is 2.95. The van der Waals surface area contributed by atoms with E-state index in [4.69, 9.17) is 11.6 Å². The van der Waals surface area contributed by atoms with Gasteiger partial charge in [-0.3, -0.25) is 24.3 Å². The van der Waals surface area contributed by atoms with Crippen LogP contribution in [0, 0.1) is 17.0 Å².